The highest BCUT2D eigenvalue weighted by atomic mass is 32.2. The van der Waals surface area contributed by atoms with Gasteiger partial charge in [-0.2, -0.15) is 0 Å². The minimum atomic E-state index is -3.55. The molecule has 0 aliphatic rings. The third kappa shape index (κ3) is 4.04. The minimum Gasteiger partial charge on any atom is -0.338 e. The lowest BCUT2D eigenvalue weighted by atomic mass is 9.87. The first-order chi connectivity index (χ1) is 9.50. The minimum absolute atomic E-state index is 0.0227. The second-order valence-corrected chi connectivity index (χ2v) is 8.08. The van der Waals surface area contributed by atoms with Crippen LogP contribution < -0.4 is 4.72 Å². The van der Waals surface area contributed by atoms with Crippen LogP contribution in [-0.4, -0.2) is 39.4 Å². The Morgan fingerprint density at radius 3 is 2.33 bits per heavy atom. The maximum absolute atomic E-state index is 12.5. The highest BCUT2D eigenvalue weighted by molar-refractivity contribution is 7.89. The van der Waals surface area contributed by atoms with Gasteiger partial charge in [0, 0.05) is 18.7 Å². The first kappa shape index (κ1) is 17.7. The number of nitrogens with zero attached hydrogens (tertiary/aromatic N) is 1. The number of carbonyl (C=O) groups is 1. The van der Waals surface area contributed by atoms with Crippen molar-refractivity contribution in [3.05, 3.63) is 29.8 Å². The molecule has 1 aromatic rings. The van der Waals surface area contributed by atoms with E-state index in [1.165, 1.54) is 19.2 Å². The van der Waals surface area contributed by atoms with E-state index in [2.05, 4.69) is 25.5 Å². The molecule has 0 saturated carbocycles. The van der Waals surface area contributed by atoms with Crippen molar-refractivity contribution < 1.29 is 13.2 Å². The molecule has 1 atom stereocenters. The molecule has 0 radical (unpaired) electrons. The number of carbonyl (C=O) groups excluding carboxylic acids is 1. The van der Waals surface area contributed by atoms with Gasteiger partial charge in [-0.25, -0.2) is 13.1 Å². The Morgan fingerprint density at radius 2 is 1.86 bits per heavy atom. The summed E-state index contributed by atoms with van der Waals surface area (Å²) in [6.45, 7) is 8.15. The van der Waals surface area contributed by atoms with E-state index >= 15 is 0 Å². The normalized spacial score (nSPS) is 13.8. The third-order valence-corrected chi connectivity index (χ3v) is 5.23. The summed E-state index contributed by atoms with van der Waals surface area (Å²) in [7, 11) is -0.471. The van der Waals surface area contributed by atoms with Gasteiger partial charge in [0.1, 0.15) is 0 Å². The van der Waals surface area contributed by atoms with E-state index in [9.17, 15) is 13.2 Å². The SMILES string of the molecule is CNS(=O)(=O)c1cccc(C(=O)N(C)[C@H](C)C(C)(C)C)c1. The van der Waals surface area contributed by atoms with E-state index in [0.29, 0.717) is 5.56 Å². The average molecular weight is 312 g/mol. The van der Waals surface area contributed by atoms with E-state index < -0.39 is 10.0 Å². The summed E-state index contributed by atoms with van der Waals surface area (Å²) < 4.78 is 25.9. The van der Waals surface area contributed by atoms with Gasteiger partial charge in [-0.05, 0) is 37.6 Å². The van der Waals surface area contributed by atoms with Crippen molar-refractivity contribution in [1.29, 1.82) is 0 Å². The fourth-order valence-electron chi connectivity index (χ4n) is 1.87. The quantitative estimate of drug-likeness (QED) is 0.926. The Bertz CT molecular complexity index is 618. The van der Waals surface area contributed by atoms with Crippen LogP contribution in [-0.2, 0) is 10.0 Å². The smallest absolute Gasteiger partial charge is 0.253 e. The van der Waals surface area contributed by atoms with Gasteiger partial charge in [0.25, 0.3) is 5.91 Å². The molecule has 1 N–H and O–H groups in total. The van der Waals surface area contributed by atoms with Crippen molar-refractivity contribution in [2.24, 2.45) is 5.41 Å². The van der Waals surface area contributed by atoms with Crippen LogP contribution in [0.5, 0.6) is 0 Å². The Labute approximate surface area is 127 Å². The predicted octanol–water partition coefficient (Wildman–Crippen LogP) is 2.10. The number of hydrogen-bond acceptors (Lipinski definition) is 3. The average Bonchev–Trinajstić information content (AvgIpc) is 2.44. The molecule has 0 unspecified atom stereocenters. The van der Waals surface area contributed by atoms with E-state index in [-0.39, 0.29) is 22.3 Å². The number of amides is 1. The van der Waals surface area contributed by atoms with Crippen LogP contribution in [0.3, 0.4) is 0 Å². The van der Waals surface area contributed by atoms with E-state index in [1.807, 2.05) is 6.92 Å². The number of nitrogens with one attached hydrogen (secondary N) is 1. The van der Waals surface area contributed by atoms with Crippen LogP contribution in [0.4, 0.5) is 0 Å². The van der Waals surface area contributed by atoms with Crippen LogP contribution in [0.2, 0.25) is 0 Å². The van der Waals surface area contributed by atoms with Gasteiger partial charge >= 0.3 is 0 Å². The van der Waals surface area contributed by atoms with Crippen LogP contribution in [0, 0.1) is 5.41 Å². The lowest BCUT2D eigenvalue weighted by Gasteiger charge is -2.35. The summed E-state index contributed by atoms with van der Waals surface area (Å²) in [6.07, 6.45) is 0. The molecule has 21 heavy (non-hydrogen) atoms. The molecule has 0 aliphatic carbocycles. The summed E-state index contributed by atoms with van der Waals surface area (Å²) in [5.41, 5.74) is 0.309. The van der Waals surface area contributed by atoms with Crippen molar-refractivity contribution in [1.82, 2.24) is 9.62 Å². The standard InChI is InChI=1S/C15H24N2O3S/c1-11(15(2,3)4)17(6)14(18)12-8-7-9-13(10-12)21(19,20)16-5/h7-11,16H,1-6H3/t11-/m1/s1. The van der Waals surface area contributed by atoms with Crippen LogP contribution in [0.15, 0.2) is 29.2 Å². The summed E-state index contributed by atoms with van der Waals surface area (Å²) >= 11 is 0. The second kappa shape index (κ2) is 6.15. The third-order valence-electron chi connectivity index (χ3n) is 3.81. The number of benzene rings is 1. The molecule has 0 aliphatic heterocycles. The van der Waals surface area contributed by atoms with Gasteiger partial charge in [-0.1, -0.05) is 26.8 Å². The molecule has 5 nitrogen and oxygen atoms in total. The summed E-state index contributed by atoms with van der Waals surface area (Å²) in [6, 6.07) is 6.10. The summed E-state index contributed by atoms with van der Waals surface area (Å²) in [5, 5.41) is 0. The van der Waals surface area contributed by atoms with Gasteiger partial charge in [0.05, 0.1) is 4.90 Å². The lowest BCUT2D eigenvalue weighted by Crippen LogP contribution is -2.43. The van der Waals surface area contributed by atoms with Gasteiger partial charge in [0.2, 0.25) is 10.0 Å². The van der Waals surface area contributed by atoms with E-state index in [4.69, 9.17) is 0 Å². The number of hydrogen-bond donors (Lipinski definition) is 1. The molecule has 118 valence electrons. The topological polar surface area (TPSA) is 66.5 Å². The molecule has 0 fully saturated rings. The fraction of sp³-hybridized carbons (Fsp3) is 0.533. The molecule has 0 aromatic heterocycles. The fourth-order valence-corrected chi connectivity index (χ4v) is 2.65. The van der Waals surface area contributed by atoms with Crippen molar-refractivity contribution in [3.8, 4) is 0 Å². The molecule has 0 heterocycles. The lowest BCUT2D eigenvalue weighted by molar-refractivity contribution is 0.0629. The molecule has 1 aromatic carbocycles. The Kier molecular flexibility index (Phi) is 5.17. The van der Waals surface area contributed by atoms with Crippen LogP contribution >= 0.6 is 0 Å². The highest BCUT2D eigenvalue weighted by Crippen LogP contribution is 2.24. The molecule has 1 amide bonds. The molecule has 0 spiro atoms. The van der Waals surface area contributed by atoms with Crippen LogP contribution in [0.25, 0.3) is 0 Å². The van der Waals surface area contributed by atoms with Crippen LogP contribution in [0.1, 0.15) is 38.1 Å². The maximum atomic E-state index is 12.5. The molecular formula is C15H24N2O3S. The van der Waals surface area contributed by atoms with Gasteiger partial charge < -0.3 is 4.90 Å². The zero-order chi connectivity index (χ0) is 16.4. The van der Waals surface area contributed by atoms with Crippen molar-refractivity contribution in [2.75, 3.05) is 14.1 Å². The van der Waals surface area contributed by atoms with E-state index in [1.54, 1.807) is 24.1 Å². The highest BCUT2D eigenvalue weighted by Gasteiger charge is 2.28. The van der Waals surface area contributed by atoms with Gasteiger partial charge in [-0.15, -0.1) is 0 Å². The van der Waals surface area contributed by atoms with Gasteiger partial charge in [0.15, 0.2) is 0 Å². The largest absolute Gasteiger partial charge is 0.338 e. The molecule has 0 saturated heterocycles. The predicted molar refractivity (Wildman–Crippen MR) is 83.7 cm³/mol. The maximum Gasteiger partial charge on any atom is 0.253 e. The first-order valence-corrected chi connectivity index (χ1v) is 8.30. The van der Waals surface area contributed by atoms with Gasteiger partial charge in [-0.3, -0.25) is 4.79 Å². The molecule has 1 rings (SSSR count). The summed E-state index contributed by atoms with van der Waals surface area (Å²) in [4.78, 5) is 14.2. The first-order valence-electron chi connectivity index (χ1n) is 6.81. The number of rotatable bonds is 4. The zero-order valence-electron chi connectivity index (χ0n) is 13.5. The molecule has 6 heteroatoms. The zero-order valence-corrected chi connectivity index (χ0v) is 14.3. The molecular weight excluding hydrogens is 288 g/mol. The monoisotopic (exact) mass is 312 g/mol. The second-order valence-electron chi connectivity index (χ2n) is 6.19. The Morgan fingerprint density at radius 1 is 1.29 bits per heavy atom. The molecule has 0 bridgehead atoms. The van der Waals surface area contributed by atoms with Crippen molar-refractivity contribution >= 4 is 15.9 Å². The summed E-state index contributed by atoms with van der Waals surface area (Å²) in [5.74, 6) is -0.189. The Balaban J connectivity index is 3.13. The van der Waals surface area contributed by atoms with E-state index in [0.717, 1.165) is 0 Å². The van der Waals surface area contributed by atoms with Crippen molar-refractivity contribution in [2.45, 2.75) is 38.6 Å². The number of sulfonamides is 1. The Hall–Kier alpha value is -1.40. The van der Waals surface area contributed by atoms with Crippen molar-refractivity contribution in [3.63, 3.8) is 0 Å².